The van der Waals surface area contributed by atoms with Crippen LogP contribution in [0.25, 0.3) is 0 Å². The lowest BCUT2D eigenvalue weighted by atomic mass is 9.89. The van der Waals surface area contributed by atoms with Crippen molar-refractivity contribution in [2.45, 2.75) is 49.6 Å². The summed E-state index contributed by atoms with van der Waals surface area (Å²) in [6.07, 6.45) is 3.59. The molecule has 2 atom stereocenters. The van der Waals surface area contributed by atoms with E-state index in [-0.39, 0.29) is 16.9 Å². The van der Waals surface area contributed by atoms with E-state index >= 15 is 0 Å². The molecular formula is C11H17N3O3S. The van der Waals surface area contributed by atoms with E-state index in [2.05, 4.69) is 10.2 Å². The van der Waals surface area contributed by atoms with Gasteiger partial charge < -0.3 is 5.11 Å². The van der Waals surface area contributed by atoms with E-state index < -0.39 is 5.97 Å². The Morgan fingerprint density at radius 2 is 2.28 bits per heavy atom. The number of hydrogen-bond acceptors (Lipinski definition) is 4. The summed E-state index contributed by atoms with van der Waals surface area (Å²) in [4.78, 5) is 22.6. The summed E-state index contributed by atoms with van der Waals surface area (Å²) in [7, 11) is 0. The molecule has 1 saturated carbocycles. The van der Waals surface area contributed by atoms with Crippen molar-refractivity contribution in [3.63, 3.8) is 0 Å². The first-order valence-electron chi connectivity index (χ1n) is 6.18. The van der Waals surface area contributed by atoms with Gasteiger partial charge in [0.15, 0.2) is 5.16 Å². The monoisotopic (exact) mass is 271 g/mol. The molecule has 2 N–H and O–H groups in total. The molecule has 1 fully saturated rings. The number of aromatic amines is 1. The Morgan fingerprint density at radius 3 is 2.94 bits per heavy atom. The SMILES string of the molecule is CCn1c(SC2CCCCC2C(=O)O)n[nH]c1=O. The van der Waals surface area contributed by atoms with Crippen LogP contribution in [-0.2, 0) is 11.3 Å². The first kappa shape index (κ1) is 13.2. The molecule has 0 aromatic carbocycles. The number of carbonyl (C=O) groups is 1. The maximum Gasteiger partial charge on any atom is 0.343 e. The van der Waals surface area contributed by atoms with E-state index in [1.165, 1.54) is 16.3 Å². The topological polar surface area (TPSA) is 88.0 Å². The number of hydrogen-bond donors (Lipinski definition) is 2. The van der Waals surface area contributed by atoms with Crippen LogP contribution in [-0.4, -0.2) is 31.1 Å². The van der Waals surface area contributed by atoms with Crippen LogP contribution in [0.15, 0.2) is 9.95 Å². The molecule has 1 aromatic rings. The number of carboxylic acids is 1. The number of aromatic nitrogens is 3. The molecule has 0 amide bonds. The molecule has 7 heteroatoms. The molecule has 1 heterocycles. The molecule has 2 unspecified atom stereocenters. The molecule has 0 spiro atoms. The number of carboxylic acid groups (broad SMARTS) is 1. The molecule has 2 rings (SSSR count). The third-order valence-corrected chi connectivity index (χ3v) is 4.71. The molecule has 0 saturated heterocycles. The Kier molecular flexibility index (Phi) is 4.11. The highest BCUT2D eigenvalue weighted by molar-refractivity contribution is 7.99. The minimum absolute atomic E-state index is 0.0109. The van der Waals surface area contributed by atoms with Gasteiger partial charge in [0.05, 0.1) is 5.92 Å². The maximum atomic E-state index is 11.4. The highest BCUT2D eigenvalue weighted by Crippen LogP contribution is 2.36. The Hall–Kier alpha value is -1.24. The largest absolute Gasteiger partial charge is 0.481 e. The third-order valence-electron chi connectivity index (χ3n) is 3.32. The van der Waals surface area contributed by atoms with Crippen molar-refractivity contribution in [3.8, 4) is 0 Å². The van der Waals surface area contributed by atoms with E-state index in [0.717, 1.165) is 19.3 Å². The highest BCUT2D eigenvalue weighted by Gasteiger charge is 2.32. The average Bonchev–Trinajstić information content (AvgIpc) is 2.70. The van der Waals surface area contributed by atoms with E-state index in [9.17, 15) is 14.7 Å². The third kappa shape index (κ3) is 2.60. The van der Waals surface area contributed by atoms with Crippen LogP contribution < -0.4 is 5.69 Å². The van der Waals surface area contributed by atoms with E-state index in [0.29, 0.717) is 18.1 Å². The zero-order chi connectivity index (χ0) is 13.1. The number of rotatable bonds is 4. The van der Waals surface area contributed by atoms with Gasteiger partial charge in [-0.05, 0) is 19.8 Å². The van der Waals surface area contributed by atoms with E-state index in [4.69, 9.17) is 0 Å². The van der Waals surface area contributed by atoms with Gasteiger partial charge in [-0.25, -0.2) is 9.89 Å². The smallest absolute Gasteiger partial charge is 0.343 e. The molecule has 0 aliphatic heterocycles. The number of nitrogens with one attached hydrogen (secondary N) is 1. The Morgan fingerprint density at radius 1 is 1.56 bits per heavy atom. The summed E-state index contributed by atoms with van der Waals surface area (Å²) in [5.74, 6) is -1.08. The minimum Gasteiger partial charge on any atom is -0.481 e. The molecule has 1 aliphatic carbocycles. The van der Waals surface area contributed by atoms with Crippen molar-refractivity contribution in [2.75, 3.05) is 0 Å². The first-order valence-corrected chi connectivity index (χ1v) is 7.06. The zero-order valence-corrected chi connectivity index (χ0v) is 11.1. The standard InChI is InChI=1S/C11H17N3O3S/c1-2-14-10(17)12-13-11(14)18-8-6-4-3-5-7(8)9(15)16/h7-8H,2-6H2,1H3,(H,12,17)(H,15,16). The second kappa shape index (κ2) is 5.60. The summed E-state index contributed by atoms with van der Waals surface area (Å²) in [5.41, 5.74) is -0.234. The van der Waals surface area contributed by atoms with Crippen LogP contribution in [0, 0.1) is 5.92 Å². The Balaban J connectivity index is 2.15. The number of H-pyrrole nitrogens is 1. The molecule has 6 nitrogen and oxygen atoms in total. The summed E-state index contributed by atoms with van der Waals surface area (Å²) in [6, 6.07) is 0. The van der Waals surface area contributed by atoms with Gasteiger partial charge in [0, 0.05) is 11.8 Å². The highest BCUT2D eigenvalue weighted by atomic mass is 32.2. The number of nitrogens with zero attached hydrogens (tertiary/aromatic N) is 2. The predicted octanol–water partition coefficient (Wildman–Crippen LogP) is 1.33. The van der Waals surface area contributed by atoms with Crippen molar-refractivity contribution >= 4 is 17.7 Å². The van der Waals surface area contributed by atoms with Gasteiger partial charge in [-0.2, -0.15) is 0 Å². The lowest BCUT2D eigenvalue weighted by molar-refractivity contribution is -0.142. The van der Waals surface area contributed by atoms with Crippen LogP contribution in [0.4, 0.5) is 0 Å². The van der Waals surface area contributed by atoms with Crippen molar-refractivity contribution in [1.29, 1.82) is 0 Å². The molecule has 0 bridgehead atoms. The van der Waals surface area contributed by atoms with E-state index in [1.807, 2.05) is 6.92 Å². The van der Waals surface area contributed by atoms with Crippen molar-refractivity contribution in [3.05, 3.63) is 10.5 Å². The molecule has 100 valence electrons. The van der Waals surface area contributed by atoms with Crippen LogP contribution >= 0.6 is 11.8 Å². The van der Waals surface area contributed by atoms with Crippen LogP contribution in [0.2, 0.25) is 0 Å². The lowest BCUT2D eigenvalue weighted by Gasteiger charge is -2.27. The van der Waals surface area contributed by atoms with Crippen molar-refractivity contribution in [1.82, 2.24) is 14.8 Å². The quantitative estimate of drug-likeness (QED) is 0.862. The van der Waals surface area contributed by atoms with Crippen LogP contribution in [0.1, 0.15) is 32.6 Å². The Bertz CT molecular complexity index is 482. The second-order valence-electron chi connectivity index (χ2n) is 4.44. The van der Waals surface area contributed by atoms with Gasteiger partial charge in [0.2, 0.25) is 0 Å². The average molecular weight is 271 g/mol. The summed E-state index contributed by atoms with van der Waals surface area (Å²) in [6.45, 7) is 2.42. The normalized spacial score (nSPS) is 24.1. The second-order valence-corrected chi connectivity index (χ2v) is 5.65. The maximum absolute atomic E-state index is 11.4. The first-order chi connectivity index (χ1) is 8.63. The summed E-state index contributed by atoms with van der Waals surface area (Å²) < 4.78 is 1.54. The van der Waals surface area contributed by atoms with Gasteiger partial charge in [-0.15, -0.1) is 5.10 Å². The fourth-order valence-electron chi connectivity index (χ4n) is 2.33. The lowest BCUT2D eigenvalue weighted by Crippen LogP contribution is -2.29. The van der Waals surface area contributed by atoms with Gasteiger partial charge in [-0.3, -0.25) is 9.36 Å². The van der Waals surface area contributed by atoms with Crippen LogP contribution in [0.5, 0.6) is 0 Å². The minimum atomic E-state index is -0.742. The van der Waals surface area contributed by atoms with Gasteiger partial charge in [0.25, 0.3) is 0 Å². The number of aliphatic carboxylic acids is 1. The number of thioether (sulfide) groups is 1. The fourth-order valence-corrected chi connectivity index (χ4v) is 3.74. The molecular weight excluding hydrogens is 254 g/mol. The van der Waals surface area contributed by atoms with E-state index in [1.54, 1.807) is 0 Å². The summed E-state index contributed by atoms with van der Waals surface area (Å²) in [5, 5.41) is 16.2. The fraction of sp³-hybridized carbons (Fsp3) is 0.727. The van der Waals surface area contributed by atoms with Crippen molar-refractivity contribution in [2.24, 2.45) is 5.92 Å². The predicted molar refractivity (Wildman–Crippen MR) is 67.8 cm³/mol. The van der Waals surface area contributed by atoms with Gasteiger partial charge in [0.1, 0.15) is 0 Å². The summed E-state index contributed by atoms with van der Waals surface area (Å²) >= 11 is 1.41. The van der Waals surface area contributed by atoms with Gasteiger partial charge >= 0.3 is 11.7 Å². The molecule has 0 radical (unpaired) electrons. The van der Waals surface area contributed by atoms with Gasteiger partial charge in [-0.1, -0.05) is 24.6 Å². The van der Waals surface area contributed by atoms with Crippen LogP contribution in [0.3, 0.4) is 0 Å². The molecule has 1 aliphatic rings. The van der Waals surface area contributed by atoms with Crippen molar-refractivity contribution < 1.29 is 9.90 Å². The zero-order valence-electron chi connectivity index (χ0n) is 10.3. The molecule has 18 heavy (non-hydrogen) atoms. The molecule has 1 aromatic heterocycles. The Labute approximate surface area is 109 Å².